The SMILES string of the molecule is Cc1cccc(NC(=O)CCNc2cccc(C#N)c2)c1C. The van der Waals surface area contributed by atoms with Crippen LogP contribution in [0, 0.1) is 25.2 Å². The van der Waals surface area contributed by atoms with Gasteiger partial charge in [0.2, 0.25) is 5.91 Å². The quantitative estimate of drug-likeness (QED) is 0.885. The van der Waals surface area contributed by atoms with Gasteiger partial charge in [-0.1, -0.05) is 18.2 Å². The van der Waals surface area contributed by atoms with Gasteiger partial charge in [-0.25, -0.2) is 0 Å². The first-order valence-electron chi connectivity index (χ1n) is 7.20. The van der Waals surface area contributed by atoms with Crippen LogP contribution >= 0.6 is 0 Å². The average molecular weight is 293 g/mol. The maximum absolute atomic E-state index is 12.0. The van der Waals surface area contributed by atoms with E-state index in [0.717, 1.165) is 22.5 Å². The van der Waals surface area contributed by atoms with Gasteiger partial charge in [-0.3, -0.25) is 4.79 Å². The van der Waals surface area contributed by atoms with Crippen LogP contribution in [0.3, 0.4) is 0 Å². The van der Waals surface area contributed by atoms with E-state index in [4.69, 9.17) is 5.26 Å². The van der Waals surface area contributed by atoms with Gasteiger partial charge < -0.3 is 10.6 Å². The summed E-state index contributed by atoms with van der Waals surface area (Å²) < 4.78 is 0. The van der Waals surface area contributed by atoms with E-state index >= 15 is 0 Å². The Kier molecular flexibility index (Phi) is 5.16. The van der Waals surface area contributed by atoms with Gasteiger partial charge in [-0.2, -0.15) is 5.26 Å². The number of nitrogens with one attached hydrogen (secondary N) is 2. The molecule has 0 radical (unpaired) electrons. The van der Waals surface area contributed by atoms with Crippen LogP contribution in [0.15, 0.2) is 42.5 Å². The molecule has 0 aliphatic carbocycles. The molecule has 0 aliphatic heterocycles. The van der Waals surface area contributed by atoms with E-state index in [1.807, 2.05) is 44.2 Å². The van der Waals surface area contributed by atoms with E-state index in [1.165, 1.54) is 0 Å². The van der Waals surface area contributed by atoms with Gasteiger partial charge >= 0.3 is 0 Å². The lowest BCUT2D eigenvalue weighted by molar-refractivity contribution is -0.115. The largest absolute Gasteiger partial charge is 0.384 e. The molecule has 1 amide bonds. The van der Waals surface area contributed by atoms with Gasteiger partial charge in [-0.15, -0.1) is 0 Å². The standard InChI is InChI=1S/C18H19N3O/c1-13-5-3-8-17(14(13)2)21-18(22)9-10-20-16-7-4-6-15(11-16)12-19/h3-8,11,20H,9-10H2,1-2H3,(H,21,22). The molecule has 0 atom stereocenters. The number of benzene rings is 2. The third-order valence-electron chi connectivity index (χ3n) is 3.55. The van der Waals surface area contributed by atoms with Crippen molar-refractivity contribution in [2.24, 2.45) is 0 Å². The number of hydrogen-bond acceptors (Lipinski definition) is 3. The number of amides is 1. The number of aryl methyl sites for hydroxylation is 1. The second-order valence-corrected chi connectivity index (χ2v) is 5.17. The summed E-state index contributed by atoms with van der Waals surface area (Å²) in [7, 11) is 0. The van der Waals surface area contributed by atoms with Crippen LogP contribution in [-0.4, -0.2) is 12.5 Å². The minimum atomic E-state index is -0.0300. The number of carbonyl (C=O) groups is 1. The number of carbonyl (C=O) groups excluding carboxylic acids is 1. The number of nitriles is 1. The third-order valence-corrected chi connectivity index (χ3v) is 3.55. The topological polar surface area (TPSA) is 64.9 Å². The monoisotopic (exact) mass is 293 g/mol. The van der Waals surface area contributed by atoms with Crippen molar-refractivity contribution in [3.8, 4) is 6.07 Å². The molecule has 0 bridgehead atoms. The van der Waals surface area contributed by atoms with Crippen molar-refractivity contribution in [1.29, 1.82) is 5.26 Å². The number of hydrogen-bond donors (Lipinski definition) is 2. The lowest BCUT2D eigenvalue weighted by atomic mass is 10.1. The molecule has 112 valence electrons. The Morgan fingerprint density at radius 1 is 1.18 bits per heavy atom. The molecule has 0 heterocycles. The molecule has 0 fully saturated rings. The Morgan fingerprint density at radius 2 is 1.95 bits per heavy atom. The molecule has 22 heavy (non-hydrogen) atoms. The molecule has 4 nitrogen and oxygen atoms in total. The summed E-state index contributed by atoms with van der Waals surface area (Å²) in [5, 5.41) is 14.9. The van der Waals surface area contributed by atoms with E-state index < -0.39 is 0 Å². The van der Waals surface area contributed by atoms with E-state index in [2.05, 4.69) is 16.7 Å². The molecule has 2 aromatic carbocycles. The van der Waals surface area contributed by atoms with Crippen molar-refractivity contribution < 1.29 is 4.79 Å². The lowest BCUT2D eigenvalue weighted by Crippen LogP contribution is -2.17. The molecule has 4 heteroatoms. The summed E-state index contributed by atoms with van der Waals surface area (Å²) in [6.07, 6.45) is 0.365. The molecule has 0 unspecified atom stereocenters. The summed E-state index contributed by atoms with van der Waals surface area (Å²) >= 11 is 0. The van der Waals surface area contributed by atoms with E-state index in [-0.39, 0.29) is 5.91 Å². The highest BCUT2D eigenvalue weighted by molar-refractivity contribution is 5.91. The Hall–Kier alpha value is -2.80. The summed E-state index contributed by atoms with van der Waals surface area (Å²) in [4.78, 5) is 12.0. The minimum absolute atomic E-state index is 0.0300. The highest BCUT2D eigenvalue weighted by atomic mass is 16.1. The van der Waals surface area contributed by atoms with Gasteiger partial charge in [-0.05, 0) is 49.2 Å². The van der Waals surface area contributed by atoms with Gasteiger partial charge in [0.25, 0.3) is 0 Å². The maximum Gasteiger partial charge on any atom is 0.226 e. The van der Waals surface area contributed by atoms with Crippen molar-refractivity contribution >= 4 is 17.3 Å². The van der Waals surface area contributed by atoms with Crippen molar-refractivity contribution in [3.63, 3.8) is 0 Å². The molecule has 2 aromatic rings. The predicted molar refractivity (Wildman–Crippen MR) is 88.8 cm³/mol. The zero-order valence-electron chi connectivity index (χ0n) is 12.8. The first-order valence-corrected chi connectivity index (χ1v) is 7.20. The molecule has 2 N–H and O–H groups in total. The average Bonchev–Trinajstić information content (AvgIpc) is 2.52. The van der Waals surface area contributed by atoms with Gasteiger partial charge in [0.15, 0.2) is 0 Å². The highest BCUT2D eigenvalue weighted by Gasteiger charge is 2.05. The van der Waals surface area contributed by atoms with Gasteiger partial charge in [0.05, 0.1) is 11.6 Å². The van der Waals surface area contributed by atoms with Crippen molar-refractivity contribution in [1.82, 2.24) is 0 Å². The molecular formula is C18H19N3O. The van der Waals surface area contributed by atoms with E-state index in [9.17, 15) is 4.79 Å². The Morgan fingerprint density at radius 3 is 2.73 bits per heavy atom. The normalized spacial score (nSPS) is 9.86. The van der Waals surface area contributed by atoms with Crippen LogP contribution in [-0.2, 0) is 4.79 Å². The molecule has 0 saturated carbocycles. The molecule has 0 aromatic heterocycles. The Labute approximate surface area is 130 Å². The molecule has 0 aliphatic rings. The number of nitrogens with zero attached hydrogens (tertiary/aromatic N) is 1. The minimum Gasteiger partial charge on any atom is -0.384 e. The number of anilines is 2. The van der Waals surface area contributed by atoms with Crippen LogP contribution in [0.25, 0.3) is 0 Å². The number of rotatable bonds is 5. The summed E-state index contributed by atoms with van der Waals surface area (Å²) in [5.74, 6) is -0.0300. The van der Waals surface area contributed by atoms with Crippen LogP contribution in [0.1, 0.15) is 23.1 Å². The molecule has 0 saturated heterocycles. The van der Waals surface area contributed by atoms with Crippen molar-refractivity contribution in [3.05, 3.63) is 59.2 Å². The van der Waals surface area contributed by atoms with Gasteiger partial charge in [0, 0.05) is 24.3 Å². The summed E-state index contributed by atoms with van der Waals surface area (Å²) in [6.45, 7) is 4.54. The third kappa shape index (κ3) is 4.10. The van der Waals surface area contributed by atoms with E-state index in [1.54, 1.807) is 12.1 Å². The predicted octanol–water partition coefficient (Wildman–Crippen LogP) is 3.62. The first-order chi connectivity index (χ1) is 10.6. The van der Waals surface area contributed by atoms with Crippen molar-refractivity contribution in [2.75, 3.05) is 17.2 Å². The lowest BCUT2D eigenvalue weighted by Gasteiger charge is -2.11. The smallest absolute Gasteiger partial charge is 0.226 e. The van der Waals surface area contributed by atoms with Crippen LogP contribution in [0.5, 0.6) is 0 Å². The molecule has 0 spiro atoms. The first kappa shape index (κ1) is 15.6. The summed E-state index contributed by atoms with van der Waals surface area (Å²) in [6, 6.07) is 15.2. The molecular weight excluding hydrogens is 274 g/mol. The fourth-order valence-electron chi connectivity index (χ4n) is 2.12. The zero-order valence-corrected chi connectivity index (χ0v) is 12.8. The summed E-state index contributed by atoms with van der Waals surface area (Å²) in [5.41, 5.74) is 4.55. The fraction of sp³-hybridized carbons (Fsp3) is 0.222. The highest BCUT2D eigenvalue weighted by Crippen LogP contribution is 2.18. The maximum atomic E-state index is 12.0. The van der Waals surface area contributed by atoms with Crippen LogP contribution in [0.4, 0.5) is 11.4 Å². The Bertz CT molecular complexity index is 717. The fourth-order valence-corrected chi connectivity index (χ4v) is 2.12. The van der Waals surface area contributed by atoms with Crippen LogP contribution < -0.4 is 10.6 Å². The second kappa shape index (κ2) is 7.28. The van der Waals surface area contributed by atoms with Gasteiger partial charge in [0.1, 0.15) is 0 Å². The zero-order chi connectivity index (χ0) is 15.9. The Balaban J connectivity index is 1.85. The molecule has 2 rings (SSSR count). The van der Waals surface area contributed by atoms with E-state index in [0.29, 0.717) is 18.5 Å². The second-order valence-electron chi connectivity index (χ2n) is 5.17. The van der Waals surface area contributed by atoms with Crippen LogP contribution in [0.2, 0.25) is 0 Å². The van der Waals surface area contributed by atoms with Crippen molar-refractivity contribution in [2.45, 2.75) is 20.3 Å².